The highest BCUT2D eigenvalue weighted by atomic mass is 35.5. The van der Waals surface area contributed by atoms with Gasteiger partial charge in [-0.25, -0.2) is 4.79 Å². The molecule has 4 nitrogen and oxygen atoms in total. The molecule has 5 heteroatoms. The molecule has 1 amide bonds. The average molecular weight is 255 g/mol. The Morgan fingerprint density at radius 1 is 1.47 bits per heavy atom. The van der Waals surface area contributed by atoms with Crippen LogP contribution in [0.3, 0.4) is 0 Å². The molecule has 0 aromatic heterocycles. The van der Waals surface area contributed by atoms with Gasteiger partial charge in [0.25, 0.3) is 0 Å². The van der Waals surface area contributed by atoms with Gasteiger partial charge in [0.05, 0.1) is 5.54 Å². The highest BCUT2D eigenvalue weighted by molar-refractivity contribution is 6.30. The van der Waals surface area contributed by atoms with Crippen LogP contribution in [0, 0.1) is 0 Å². The maximum atomic E-state index is 11.8. The van der Waals surface area contributed by atoms with Gasteiger partial charge in [-0.15, -0.1) is 0 Å². The first-order valence-electron chi connectivity index (χ1n) is 5.49. The Hall–Kier alpha value is -1.26. The summed E-state index contributed by atoms with van der Waals surface area (Å²) in [5.41, 5.74) is 6.00. The van der Waals surface area contributed by atoms with E-state index >= 15 is 0 Å². The first-order chi connectivity index (χ1) is 8.07. The molecular weight excluding hydrogens is 240 g/mol. The summed E-state index contributed by atoms with van der Waals surface area (Å²) in [5.74, 6) is 0. The smallest absolute Gasteiger partial charge is 0.415 e. The van der Waals surface area contributed by atoms with E-state index in [1.807, 2.05) is 19.1 Å². The Labute approximate surface area is 105 Å². The minimum Gasteiger partial charge on any atom is -0.447 e. The van der Waals surface area contributed by atoms with Crippen LogP contribution in [-0.2, 0) is 4.74 Å². The molecule has 2 rings (SSSR count). The number of ether oxygens (including phenoxy) is 1. The molecule has 17 heavy (non-hydrogen) atoms. The molecule has 1 unspecified atom stereocenters. The monoisotopic (exact) mass is 254 g/mol. The van der Waals surface area contributed by atoms with Crippen LogP contribution < -0.4 is 10.6 Å². The van der Waals surface area contributed by atoms with E-state index in [2.05, 4.69) is 0 Å². The topological polar surface area (TPSA) is 55.6 Å². The van der Waals surface area contributed by atoms with Crippen molar-refractivity contribution in [3.63, 3.8) is 0 Å². The molecule has 0 saturated carbocycles. The van der Waals surface area contributed by atoms with Crippen molar-refractivity contribution in [2.45, 2.75) is 18.9 Å². The van der Waals surface area contributed by atoms with E-state index in [1.165, 1.54) is 0 Å². The molecule has 1 fully saturated rings. The van der Waals surface area contributed by atoms with E-state index < -0.39 is 0 Å². The normalized spacial score (nSPS) is 23.9. The van der Waals surface area contributed by atoms with Gasteiger partial charge in [0, 0.05) is 10.7 Å². The van der Waals surface area contributed by atoms with Crippen LogP contribution in [0.25, 0.3) is 0 Å². The number of cyclic esters (lactones) is 1. The van der Waals surface area contributed by atoms with E-state index in [-0.39, 0.29) is 11.6 Å². The lowest BCUT2D eigenvalue weighted by Crippen LogP contribution is -2.46. The lowest BCUT2D eigenvalue weighted by Gasteiger charge is -2.31. The van der Waals surface area contributed by atoms with Gasteiger partial charge in [0.1, 0.15) is 6.61 Å². The maximum absolute atomic E-state index is 11.8. The quantitative estimate of drug-likeness (QED) is 0.901. The Kier molecular flexibility index (Phi) is 3.26. The first kappa shape index (κ1) is 12.2. The van der Waals surface area contributed by atoms with Crippen molar-refractivity contribution in [1.82, 2.24) is 0 Å². The molecule has 0 spiro atoms. The predicted octanol–water partition coefficient (Wildman–Crippen LogP) is 2.40. The zero-order valence-corrected chi connectivity index (χ0v) is 10.4. The van der Waals surface area contributed by atoms with E-state index in [4.69, 9.17) is 22.1 Å². The molecule has 1 aromatic carbocycles. The van der Waals surface area contributed by atoms with Crippen molar-refractivity contribution in [2.75, 3.05) is 18.1 Å². The van der Waals surface area contributed by atoms with Crippen molar-refractivity contribution in [2.24, 2.45) is 5.73 Å². The summed E-state index contributed by atoms with van der Waals surface area (Å²) in [5, 5.41) is 0.641. The Balaban J connectivity index is 2.33. The van der Waals surface area contributed by atoms with Gasteiger partial charge in [-0.2, -0.15) is 0 Å². The molecule has 2 N–H and O–H groups in total. The van der Waals surface area contributed by atoms with Crippen molar-refractivity contribution in [3.8, 4) is 0 Å². The molecule has 1 aromatic rings. The molecule has 0 radical (unpaired) electrons. The molecule has 92 valence electrons. The molecule has 1 aliphatic heterocycles. The first-order valence-corrected chi connectivity index (χ1v) is 5.87. The fraction of sp³-hybridized carbons (Fsp3) is 0.417. The van der Waals surface area contributed by atoms with E-state index in [1.54, 1.807) is 17.0 Å². The minimum atomic E-state index is -0.375. The maximum Gasteiger partial charge on any atom is 0.415 e. The SMILES string of the molecule is CC1(CCN)COC(=O)N1c1ccc(Cl)cc1. The number of nitrogens with two attached hydrogens (primary N) is 1. The number of hydrogen-bond acceptors (Lipinski definition) is 3. The molecule has 0 aliphatic carbocycles. The number of carbonyl (C=O) groups excluding carboxylic acids is 1. The minimum absolute atomic E-state index is 0.330. The number of rotatable bonds is 3. The Morgan fingerprint density at radius 2 is 2.12 bits per heavy atom. The second-order valence-electron chi connectivity index (χ2n) is 4.40. The summed E-state index contributed by atoms with van der Waals surface area (Å²) >= 11 is 5.83. The average Bonchev–Trinajstić information content (AvgIpc) is 2.57. The number of halogens is 1. The van der Waals surface area contributed by atoms with Crippen LogP contribution in [0.5, 0.6) is 0 Å². The van der Waals surface area contributed by atoms with E-state index in [9.17, 15) is 4.79 Å². The number of nitrogens with zero attached hydrogens (tertiary/aromatic N) is 1. The molecule has 1 atom stereocenters. The van der Waals surface area contributed by atoms with Crippen molar-refractivity contribution in [1.29, 1.82) is 0 Å². The third-order valence-corrected chi connectivity index (χ3v) is 3.25. The van der Waals surface area contributed by atoms with Gasteiger partial charge in [0.2, 0.25) is 0 Å². The van der Waals surface area contributed by atoms with Gasteiger partial charge >= 0.3 is 6.09 Å². The highest BCUT2D eigenvalue weighted by Gasteiger charge is 2.43. The summed E-state index contributed by atoms with van der Waals surface area (Å²) < 4.78 is 5.12. The van der Waals surface area contributed by atoms with Crippen LogP contribution in [0.15, 0.2) is 24.3 Å². The van der Waals surface area contributed by atoms with E-state index in [0.717, 1.165) is 5.69 Å². The van der Waals surface area contributed by atoms with Crippen molar-refractivity contribution >= 4 is 23.4 Å². The van der Waals surface area contributed by atoms with Gasteiger partial charge < -0.3 is 10.5 Å². The van der Waals surface area contributed by atoms with Crippen molar-refractivity contribution < 1.29 is 9.53 Å². The van der Waals surface area contributed by atoms with Crippen LogP contribution >= 0.6 is 11.6 Å². The molecular formula is C12H15ClN2O2. The second kappa shape index (κ2) is 4.55. The zero-order chi connectivity index (χ0) is 12.5. The van der Waals surface area contributed by atoms with Gasteiger partial charge in [0.15, 0.2) is 0 Å². The lowest BCUT2D eigenvalue weighted by atomic mass is 9.97. The van der Waals surface area contributed by atoms with Crippen LogP contribution in [-0.4, -0.2) is 24.8 Å². The predicted molar refractivity (Wildman–Crippen MR) is 67.4 cm³/mol. The largest absolute Gasteiger partial charge is 0.447 e. The third kappa shape index (κ3) is 2.23. The molecule has 1 aliphatic rings. The molecule has 0 bridgehead atoms. The number of amides is 1. The fourth-order valence-corrected chi connectivity index (χ4v) is 2.19. The fourth-order valence-electron chi connectivity index (χ4n) is 2.07. The number of hydrogen-bond donors (Lipinski definition) is 1. The number of benzene rings is 1. The third-order valence-electron chi connectivity index (χ3n) is 3.00. The van der Waals surface area contributed by atoms with Crippen LogP contribution in [0.4, 0.5) is 10.5 Å². The van der Waals surface area contributed by atoms with Crippen LogP contribution in [0.1, 0.15) is 13.3 Å². The van der Waals surface area contributed by atoms with E-state index in [0.29, 0.717) is 24.6 Å². The summed E-state index contributed by atoms with van der Waals surface area (Å²) in [6.45, 7) is 2.85. The summed E-state index contributed by atoms with van der Waals surface area (Å²) in [7, 11) is 0. The number of carbonyl (C=O) groups is 1. The highest BCUT2D eigenvalue weighted by Crippen LogP contribution is 2.33. The molecule has 1 heterocycles. The number of anilines is 1. The zero-order valence-electron chi connectivity index (χ0n) is 9.65. The Morgan fingerprint density at radius 3 is 2.71 bits per heavy atom. The summed E-state index contributed by atoms with van der Waals surface area (Å²) in [6.07, 6.45) is 0.365. The lowest BCUT2D eigenvalue weighted by molar-refractivity contribution is 0.173. The standard InChI is InChI=1S/C12H15ClN2O2/c1-12(6-7-14)8-17-11(16)15(12)10-4-2-9(13)3-5-10/h2-5H,6-8,14H2,1H3. The van der Waals surface area contributed by atoms with Crippen LogP contribution in [0.2, 0.25) is 5.02 Å². The Bertz CT molecular complexity index is 421. The summed E-state index contributed by atoms with van der Waals surface area (Å²) in [6, 6.07) is 7.13. The van der Waals surface area contributed by atoms with Crippen molar-refractivity contribution in [3.05, 3.63) is 29.3 Å². The molecule has 1 saturated heterocycles. The summed E-state index contributed by atoms with van der Waals surface area (Å²) in [4.78, 5) is 13.4. The van der Waals surface area contributed by atoms with Gasteiger partial charge in [-0.3, -0.25) is 4.90 Å². The van der Waals surface area contributed by atoms with Gasteiger partial charge in [-0.05, 0) is 44.2 Å². The second-order valence-corrected chi connectivity index (χ2v) is 4.84. The van der Waals surface area contributed by atoms with Gasteiger partial charge in [-0.1, -0.05) is 11.6 Å².